The fraction of sp³-hybridized carbons (Fsp3) is 0.364. The number of hydrogen-bond acceptors (Lipinski definition) is 1. The Balaban J connectivity index is 2.70. The van der Waals surface area contributed by atoms with Crippen LogP contribution < -0.4 is 0 Å². The zero-order valence-corrected chi connectivity index (χ0v) is 7.97. The molecule has 0 fully saturated rings. The van der Waals surface area contributed by atoms with E-state index in [1.807, 2.05) is 0 Å². The molecule has 0 amide bonds. The number of ketones is 1. The van der Waals surface area contributed by atoms with Gasteiger partial charge in [-0.2, -0.15) is 0 Å². The van der Waals surface area contributed by atoms with Crippen molar-refractivity contribution in [3.63, 3.8) is 0 Å². The molecule has 0 aliphatic heterocycles. The van der Waals surface area contributed by atoms with Gasteiger partial charge in [-0.05, 0) is 6.92 Å². The molecule has 0 bridgehead atoms. The van der Waals surface area contributed by atoms with Crippen LogP contribution in [0.1, 0.15) is 25.3 Å². The molecule has 0 radical (unpaired) electrons. The molecule has 1 aromatic carbocycles. The van der Waals surface area contributed by atoms with Crippen molar-refractivity contribution in [2.24, 2.45) is 0 Å². The lowest BCUT2D eigenvalue weighted by molar-refractivity contribution is -0.119. The first-order valence-corrected chi connectivity index (χ1v) is 4.45. The van der Waals surface area contributed by atoms with E-state index in [1.165, 1.54) is 19.1 Å². The van der Waals surface area contributed by atoms with Crippen LogP contribution >= 0.6 is 0 Å². The number of carbonyl (C=O) groups excluding carboxylic acids is 1. The predicted octanol–water partition coefficient (Wildman–Crippen LogP) is 3.15. The smallest absolute Gasteiger partial charge is 0.273 e. The van der Waals surface area contributed by atoms with Gasteiger partial charge < -0.3 is 4.79 Å². The summed E-state index contributed by atoms with van der Waals surface area (Å²) >= 11 is 0. The van der Waals surface area contributed by atoms with Crippen LogP contribution in [0.25, 0.3) is 0 Å². The highest BCUT2D eigenvalue weighted by molar-refractivity contribution is 5.75. The van der Waals surface area contributed by atoms with Gasteiger partial charge in [0, 0.05) is 18.4 Å². The zero-order chi connectivity index (χ0) is 10.6. The number of halogens is 2. The molecule has 1 rings (SSSR count). The van der Waals surface area contributed by atoms with Gasteiger partial charge >= 0.3 is 0 Å². The van der Waals surface area contributed by atoms with E-state index in [0.717, 1.165) is 0 Å². The molecule has 0 unspecified atom stereocenters. The van der Waals surface area contributed by atoms with Crippen molar-refractivity contribution in [2.75, 3.05) is 0 Å². The van der Waals surface area contributed by atoms with Crippen LogP contribution in [0, 0.1) is 0 Å². The lowest BCUT2D eigenvalue weighted by Gasteiger charge is -2.15. The van der Waals surface area contributed by atoms with Crippen molar-refractivity contribution < 1.29 is 13.6 Å². The first kappa shape index (κ1) is 10.8. The number of benzene rings is 1. The predicted molar refractivity (Wildman–Crippen MR) is 50.3 cm³/mol. The Morgan fingerprint density at radius 3 is 2.36 bits per heavy atom. The maximum atomic E-state index is 13.4. The minimum atomic E-state index is -2.90. The second-order valence-electron chi connectivity index (χ2n) is 3.27. The van der Waals surface area contributed by atoms with E-state index in [4.69, 9.17) is 0 Å². The normalized spacial score (nSPS) is 11.4. The third-order valence-corrected chi connectivity index (χ3v) is 1.99. The van der Waals surface area contributed by atoms with Gasteiger partial charge in [0.1, 0.15) is 5.78 Å². The van der Waals surface area contributed by atoms with Crippen LogP contribution in [-0.2, 0) is 10.7 Å². The van der Waals surface area contributed by atoms with Crippen LogP contribution in [0.15, 0.2) is 30.3 Å². The third kappa shape index (κ3) is 2.91. The molecule has 14 heavy (non-hydrogen) atoms. The van der Waals surface area contributed by atoms with Gasteiger partial charge in [0.05, 0.1) is 0 Å². The first-order chi connectivity index (χ1) is 6.52. The monoisotopic (exact) mass is 198 g/mol. The summed E-state index contributed by atoms with van der Waals surface area (Å²) in [7, 11) is 0. The highest BCUT2D eigenvalue weighted by Crippen LogP contribution is 2.32. The van der Waals surface area contributed by atoms with Crippen molar-refractivity contribution in [3.8, 4) is 0 Å². The lowest BCUT2D eigenvalue weighted by atomic mass is 10.0. The van der Waals surface area contributed by atoms with Gasteiger partial charge in [0.2, 0.25) is 0 Å². The van der Waals surface area contributed by atoms with E-state index in [-0.39, 0.29) is 17.8 Å². The summed E-state index contributed by atoms with van der Waals surface area (Å²) in [6, 6.07) is 7.57. The summed E-state index contributed by atoms with van der Waals surface area (Å²) in [5.74, 6) is -3.10. The maximum absolute atomic E-state index is 13.4. The summed E-state index contributed by atoms with van der Waals surface area (Å²) in [6.07, 6.45) is -0.492. The van der Waals surface area contributed by atoms with Gasteiger partial charge in [-0.25, -0.2) is 8.78 Å². The number of carbonyl (C=O) groups is 1. The molecule has 0 atom stereocenters. The summed E-state index contributed by atoms with van der Waals surface area (Å²) in [5, 5.41) is 0. The Hall–Kier alpha value is -1.25. The standard InChI is InChI=1S/C11H12F2O/c1-9(14)7-8-11(12,13)10-5-3-2-4-6-10/h2-6H,7-8H2,1H3. The van der Waals surface area contributed by atoms with Gasteiger partial charge in [0.25, 0.3) is 5.92 Å². The van der Waals surface area contributed by atoms with Crippen LogP contribution in [-0.4, -0.2) is 5.78 Å². The van der Waals surface area contributed by atoms with Crippen molar-refractivity contribution in [1.82, 2.24) is 0 Å². The Morgan fingerprint density at radius 2 is 1.86 bits per heavy atom. The van der Waals surface area contributed by atoms with Crippen LogP contribution in [0.5, 0.6) is 0 Å². The van der Waals surface area contributed by atoms with E-state index in [2.05, 4.69) is 0 Å². The molecule has 0 aliphatic carbocycles. The van der Waals surface area contributed by atoms with E-state index in [9.17, 15) is 13.6 Å². The highest BCUT2D eigenvalue weighted by atomic mass is 19.3. The van der Waals surface area contributed by atoms with E-state index in [0.29, 0.717) is 0 Å². The molecule has 0 heterocycles. The quantitative estimate of drug-likeness (QED) is 0.726. The van der Waals surface area contributed by atoms with Crippen LogP contribution in [0.3, 0.4) is 0 Å². The number of Topliss-reactive ketones (excluding diaryl/α,β-unsaturated/α-hetero) is 1. The molecule has 0 spiro atoms. The Kier molecular flexibility index (Phi) is 3.33. The highest BCUT2D eigenvalue weighted by Gasteiger charge is 2.30. The van der Waals surface area contributed by atoms with Gasteiger partial charge in [-0.15, -0.1) is 0 Å². The zero-order valence-electron chi connectivity index (χ0n) is 7.97. The molecular weight excluding hydrogens is 186 g/mol. The average molecular weight is 198 g/mol. The molecule has 0 aromatic heterocycles. The van der Waals surface area contributed by atoms with Crippen LogP contribution in [0.2, 0.25) is 0 Å². The van der Waals surface area contributed by atoms with E-state index < -0.39 is 12.3 Å². The summed E-state index contributed by atoms with van der Waals surface area (Å²) in [4.78, 5) is 10.6. The third-order valence-electron chi connectivity index (χ3n) is 1.99. The van der Waals surface area contributed by atoms with Crippen molar-refractivity contribution >= 4 is 5.78 Å². The van der Waals surface area contributed by atoms with Crippen molar-refractivity contribution in [1.29, 1.82) is 0 Å². The molecule has 0 aliphatic rings. The first-order valence-electron chi connectivity index (χ1n) is 4.45. The Labute approximate surface area is 81.7 Å². The molecule has 3 heteroatoms. The summed E-state index contributed by atoms with van der Waals surface area (Å²) < 4.78 is 26.7. The van der Waals surface area contributed by atoms with Crippen LogP contribution in [0.4, 0.5) is 8.78 Å². The molecule has 1 aromatic rings. The molecule has 1 nitrogen and oxygen atoms in total. The average Bonchev–Trinajstić information content (AvgIpc) is 2.16. The number of hydrogen-bond donors (Lipinski definition) is 0. The second-order valence-corrected chi connectivity index (χ2v) is 3.27. The minimum absolute atomic E-state index is 0.0266. The molecule has 0 saturated carbocycles. The topological polar surface area (TPSA) is 17.1 Å². The van der Waals surface area contributed by atoms with E-state index in [1.54, 1.807) is 18.2 Å². The Morgan fingerprint density at radius 1 is 1.29 bits per heavy atom. The molecule has 0 saturated heterocycles. The van der Waals surface area contributed by atoms with Crippen molar-refractivity contribution in [2.45, 2.75) is 25.7 Å². The molecular formula is C11H12F2O. The maximum Gasteiger partial charge on any atom is 0.273 e. The fourth-order valence-corrected chi connectivity index (χ4v) is 1.16. The fourth-order valence-electron chi connectivity index (χ4n) is 1.16. The van der Waals surface area contributed by atoms with Gasteiger partial charge in [-0.1, -0.05) is 30.3 Å². The van der Waals surface area contributed by atoms with E-state index >= 15 is 0 Å². The largest absolute Gasteiger partial charge is 0.300 e. The number of alkyl halides is 2. The lowest BCUT2D eigenvalue weighted by Crippen LogP contribution is -2.14. The van der Waals surface area contributed by atoms with Gasteiger partial charge in [-0.3, -0.25) is 0 Å². The second kappa shape index (κ2) is 4.31. The Bertz CT molecular complexity index is 306. The molecule has 0 N–H and O–H groups in total. The van der Waals surface area contributed by atoms with Gasteiger partial charge in [0.15, 0.2) is 0 Å². The SMILES string of the molecule is CC(=O)CCC(F)(F)c1ccccc1. The van der Waals surface area contributed by atoms with Crippen molar-refractivity contribution in [3.05, 3.63) is 35.9 Å². The summed E-state index contributed by atoms with van der Waals surface area (Å²) in [6.45, 7) is 1.32. The minimum Gasteiger partial charge on any atom is -0.300 e. The summed E-state index contributed by atoms with van der Waals surface area (Å²) in [5.41, 5.74) is -0.0266. The number of rotatable bonds is 4. The molecule has 76 valence electrons.